The molecule has 3 aliphatic rings. The summed E-state index contributed by atoms with van der Waals surface area (Å²) in [4.78, 5) is 14.5. The molecule has 0 bridgehead atoms. The first kappa shape index (κ1) is 25.0. The average molecular weight is 531 g/mol. The molecule has 0 amide bonds. The Morgan fingerprint density at radius 1 is 0.868 bits per heavy atom. The minimum atomic E-state index is -0.199. The minimum absolute atomic E-state index is 0.0377. The zero-order valence-corrected chi connectivity index (χ0v) is 22.6. The van der Waals surface area contributed by atoms with E-state index in [1.807, 2.05) is 12.1 Å². The second kappa shape index (κ2) is 10.8. The van der Waals surface area contributed by atoms with Crippen LogP contribution in [0.25, 0.3) is 0 Å². The zero-order valence-electron chi connectivity index (χ0n) is 21.8. The summed E-state index contributed by atoms with van der Waals surface area (Å²) in [5.41, 5.74) is 3.91. The summed E-state index contributed by atoms with van der Waals surface area (Å²) in [5, 5.41) is 7.26. The van der Waals surface area contributed by atoms with Crippen molar-refractivity contribution in [2.45, 2.75) is 56.9 Å². The van der Waals surface area contributed by atoms with Crippen LogP contribution in [0.15, 0.2) is 54.6 Å². The molecule has 2 fully saturated rings. The van der Waals surface area contributed by atoms with Gasteiger partial charge in [-0.05, 0) is 73.1 Å². The molecule has 2 N–H and O–H groups in total. The standard InChI is InChI=1S/C30H35FN6S/c31-25-11-9-24(10-12-25)30(14-3-4-15-30)21-32-29(38)35-28-33-26(36-16-5-6-17-36)19-27(34-28)37-18-13-22-7-1-2-8-23(22)20-37/h1-2,7-12,19H,3-6,13-18,20-21H2,(H2,32,33,34,35,38). The summed E-state index contributed by atoms with van der Waals surface area (Å²) in [5.74, 6) is 2.22. The lowest BCUT2D eigenvalue weighted by Gasteiger charge is -2.31. The maximum absolute atomic E-state index is 13.6. The van der Waals surface area contributed by atoms with E-state index in [2.05, 4.69) is 50.8 Å². The normalized spacial score (nSPS) is 18.3. The predicted molar refractivity (Wildman–Crippen MR) is 155 cm³/mol. The number of aromatic nitrogens is 2. The number of halogens is 1. The van der Waals surface area contributed by atoms with Crippen molar-refractivity contribution in [3.63, 3.8) is 0 Å². The van der Waals surface area contributed by atoms with Crippen molar-refractivity contribution in [3.8, 4) is 0 Å². The van der Waals surface area contributed by atoms with Crippen LogP contribution in [0.3, 0.4) is 0 Å². The molecule has 6 rings (SSSR count). The summed E-state index contributed by atoms with van der Waals surface area (Å²) < 4.78 is 13.6. The first-order chi connectivity index (χ1) is 18.6. The van der Waals surface area contributed by atoms with Crippen LogP contribution in [0, 0.1) is 5.82 Å². The largest absolute Gasteiger partial charge is 0.361 e. The van der Waals surface area contributed by atoms with Crippen LogP contribution in [0.4, 0.5) is 22.0 Å². The van der Waals surface area contributed by atoms with Gasteiger partial charge in [-0.25, -0.2) is 4.39 Å². The van der Waals surface area contributed by atoms with Gasteiger partial charge in [-0.2, -0.15) is 9.97 Å². The third-order valence-electron chi connectivity index (χ3n) is 8.41. The topological polar surface area (TPSA) is 56.3 Å². The number of anilines is 3. The number of thiocarbonyl (C=S) groups is 1. The van der Waals surface area contributed by atoms with Crippen molar-refractivity contribution >= 4 is 34.9 Å². The molecular formula is C30H35FN6S. The number of nitrogens with zero attached hydrogens (tertiary/aromatic N) is 4. The maximum Gasteiger partial charge on any atom is 0.232 e. The highest BCUT2D eigenvalue weighted by atomic mass is 32.1. The lowest BCUT2D eigenvalue weighted by molar-refractivity contribution is 0.434. The highest BCUT2D eigenvalue weighted by Crippen LogP contribution is 2.40. The Labute approximate surface area is 229 Å². The van der Waals surface area contributed by atoms with Gasteiger partial charge in [-0.1, -0.05) is 49.2 Å². The van der Waals surface area contributed by atoms with E-state index in [1.165, 1.54) is 42.4 Å². The molecule has 3 aromatic rings. The monoisotopic (exact) mass is 530 g/mol. The highest BCUT2D eigenvalue weighted by Gasteiger charge is 2.35. The highest BCUT2D eigenvalue weighted by molar-refractivity contribution is 7.80. The van der Waals surface area contributed by atoms with Gasteiger partial charge >= 0.3 is 0 Å². The third kappa shape index (κ3) is 5.32. The van der Waals surface area contributed by atoms with Crippen LogP contribution in [0.1, 0.15) is 55.2 Å². The Bertz CT molecular complexity index is 1280. The van der Waals surface area contributed by atoms with Gasteiger partial charge in [0.05, 0.1) is 0 Å². The van der Waals surface area contributed by atoms with Gasteiger partial charge < -0.3 is 20.4 Å². The molecule has 0 atom stereocenters. The maximum atomic E-state index is 13.6. The summed E-state index contributed by atoms with van der Waals surface area (Å²) in [7, 11) is 0. The zero-order chi connectivity index (χ0) is 26.0. The van der Waals surface area contributed by atoms with Crippen molar-refractivity contribution in [1.29, 1.82) is 0 Å². The summed E-state index contributed by atoms with van der Waals surface area (Å²) >= 11 is 5.73. The molecule has 8 heteroatoms. The number of hydrogen-bond donors (Lipinski definition) is 2. The molecule has 1 aliphatic carbocycles. The van der Waals surface area contributed by atoms with Gasteiger partial charge in [0.1, 0.15) is 17.5 Å². The van der Waals surface area contributed by atoms with E-state index in [0.717, 1.165) is 57.1 Å². The second-order valence-corrected chi connectivity index (χ2v) is 11.3. The van der Waals surface area contributed by atoms with Crippen molar-refractivity contribution in [2.75, 3.05) is 41.3 Å². The fraction of sp³-hybridized carbons (Fsp3) is 0.433. The first-order valence-electron chi connectivity index (χ1n) is 13.8. The third-order valence-corrected chi connectivity index (χ3v) is 8.66. The van der Waals surface area contributed by atoms with Crippen molar-refractivity contribution in [1.82, 2.24) is 15.3 Å². The minimum Gasteiger partial charge on any atom is -0.361 e. The van der Waals surface area contributed by atoms with Crippen LogP contribution < -0.4 is 20.4 Å². The molecular weight excluding hydrogens is 495 g/mol. The van der Waals surface area contributed by atoms with E-state index in [4.69, 9.17) is 22.2 Å². The van der Waals surface area contributed by atoms with E-state index in [0.29, 0.717) is 17.6 Å². The molecule has 0 radical (unpaired) electrons. The SMILES string of the molecule is Fc1ccc(C2(CNC(=S)Nc3nc(N4CCCC4)cc(N4CCc5ccccc5C4)n3)CCCC2)cc1. The molecule has 2 aliphatic heterocycles. The van der Waals surface area contributed by atoms with Crippen LogP contribution >= 0.6 is 12.2 Å². The van der Waals surface area contributed by atoms with E-state index in [-0.39, 0.29) is 11.2 Å². The molecule has 6 nitrogen and oxygen atoms in total. The molecule has 0 spiro atoms. The second-order valence-electron chi connectivity index (χ2n) is 10.8. The molecule has 2 aromatic carbocycles. The van der Waals surface area contributed by atoms with Crippen LogP contribution in [-0.4, -0.2) is 41.3 Å². The van der Waals surface area contributed by atoms with Crippen LogP contribution in [0.5, 0.6) is 0 Å². The first-order valence-corrected chi connectivity index (χ1v) is 14.3. The Balaban J connectivity index is 1.19. The Kier molecular flexibility index (Phi) is 7.15. The lowest BCUT2D eigenvalue weighted by Crippen LogP contribution is -2.41. The summed E-state index contributed by atoms with van der Waals surface area (Å²) in [6.45, 7) is 4.50. The molecule has 198 valence electrons. The van der Waals surface area contributed by atoms with Crippen LogP contribution in [-0.2, 0) is 18.4 Å². The van der Waals surface area contributed by atoms with Gasteiger partial charge in [0.2, 0.25) is 5.95 Å². The number of nitrogens with one attached hydrogen (secondary N) is 2. The fourth-order valence-electron chi connectivity index (χ4n) is 6.26. The van der Waals surface area contributed by atoms with Gasteiger partial charge in [0.15, 0.2) is 5.11 Å². The molecule has 1 saturated carbocycles. The lowest BCUT2D eigenvalue weighted by atomic mass is 9.79. The summed E-state index contributed by atoms with van der Waals surface area (Å²) in [6.07, 6.45) is 7.85. The van der Waals surface area contributed by atoms with E-state index >= 15 is 0 Å². The quantitative estimate of drug-likeness (QED) is 0.404. The number of benzene rings is 2. The fourth-order valence-corrected chi connectivity index (χ4v) is 6.42. The average Bonchev–Trinajstić information content (AvgIpc) is 3.66. The Morgan fingerprint density at radius 3 is 2.29 bits per heavy atom. The number of hydrogen-bond acceptors (Lipinski definition) is 5. The Hall–Kier alpha value is -3.26. The molecule has 38 heavy (non-hydrogen) atoms. The smallest absolute Gasteiger partial charge is 0.232 e. The summed E-state index contributed by atoms with van der Waals surface area (Å²) in [6, 6.07) is 17.8. The van der Waals surface area contributed by atoms with Gasteiger partial charge in [0, 0.05) is 44.2 Å². The molecule has 1 saturated heterocycles. The number of fused-ring (bicyclic) bond motifs is 1. The molecule has 0 unspecified atom stereocenters. The van der Waals surface area contributed by atoms with Gasteiger partial charge in [-0.15, -0.1) is 0 Å². The van der Waals surface area contributed by atoms with Crippen molar-refractivity contribution in [2.24, 2.45) is 0 Å². The van der Waals surface area contributed by atoms with E-state index < -0.39 is 0 Å². The van der Waals surface area contributed by atoms with Gasteiger partial charge in [-0.3, -0.25) is 0 Å². The molecule has 3 heterocycles. The van der Waals surface area contributed by atoms with Gasteiger partial charge in [0.25, 0.3) is 0 Å². The van der Waals surface area contributed by atoms with Crippen molar-refractivity contribution < 1.29 is 4.39 Å². The van der Waals surface area contributed by atoms with Crippen LogP contribution in [0.2, 0.25) is 0 Å². The number of rotatable bonds is 6. The predicted octanol–water partition coefficient (Wildman–Crippen LogP) is 5.58. The molecule has 1 aromatic heterocycles. The van der Waals surface area contributed by atoms with E-state index in [9.17, 15) is 4.39 Å². The van der Waals surface area contributed by atoms with E-state index in [1.54, 1.807) is 12.1 Å². The van der Waals surface area contributed by atoms with Crippen molar-refractivity contribution in [3.05, 3.63) is 77.1 Å². The Morgan fingerprint density at radius 2 is 1.55 bits per heavy atom.